The second kappa shape index (κ2) is 9.07. The molecule has 1 aromatic rings. The third kappa shape index (κ3) is 5.00. The first-order valence-corrected chi connectivity index (χ1v) is 9.53. The van der Waals surface area contributed by atoms with Gasteiger partial charge < -0.3 is 15.4 Å². The van der Waals surface area contributed by atoms with E-state index in [9.17, 15) is 9.59 Å². The first kappa shape index (κ1) is 18.8. The number of carbonyl (C=O) groups is 2. The number of rotatable bonds is 6. The molecule has 2 fully saturated rings. The Morgan fingerprint density at radius 1 is 1.19 bits per heavy atom. The molecule has 0 aromatic carbocycles. The van der Waals surface area contributed by atoms with Gasteiger partial charge in [0.2, 0.25) is 0 Å². The van der Waals surface area contributed by atoms with E-state index in [1.807, 2.05) is 0 Å². The second-order valence-electron chi connectivity index (χ2n) is 7.24. The van der Waals surface area contributed by atoms with Crippen molar-refractivity contribution in [2.75, 3.05) is 20.2 Å². The van der Waals surface area contributed by atoms with E-state index >= 15 is 0 Å². The summed E-state index contributed by atoms with van der Waals surface area (Å²) in [7, 11) is 1.41. The maximum absolute atomic E-state index is 12.3. The first-order chi connectivity index (χ1) is 12.7. The SMILES string of the molecule is COC(=O)C1CCC(NC(=O)c2nnn(CCC3CCNCC3)n2)CC1. The number of carbonyl (C=O) groups excluding carboxylic acids is 2. The molecular formula is C17H28N6O3. The molecule has 1 aliphatic heterocycles. The summed E-state index contributed by atoms with van der Waals surface area (Å²) in [5.74, 6) is 0.296. The van der Waals surface area contributed by atoms with Gasteiger partial charge in [-0.05, 0) is 69.2 Å². The van der Waals surface area contributed by atoms with Crippen LogP contribution in [0.15, 0.2) is 0 Å². The molecule has 2 heterocycles. The molecule has 0 bridgehead atoms. The lowest BCUT2D eigenvalue weighted by atomic mass is 9.86. The minimum atomic E-state index is -0.292. The number of hydrogen-bond acceptors (Lipinski definition) is 7. The number of esters is 1. The van der Waals surface area contributed by atoms with Crippen LogP contribution < -0.4 is 10.6 Å². The van der Waals surface area contributed by atoms with Crippen molar-refractivity contribution in [1.82, 2.24) is 30.8 Å². The summed E-state index contributed by atoms with van der Waals surface area (Å²) >= 11 is 0. The van der Waals surface area contributed by atoms with Crippen molar-refractivity contribution in [3.63, 3.8) is 0 Å². The van der Waals surface area contributed by atoms with E-state index in [2.05, 4.69) is 26.0 Å². The highest BCUT2D eigenvalue weighted by Gasteiger charge is 2.28. The average Bonchev–Trinajstić information content (AvgIpc) is 3.16. The fourth-order valence-electron chi connectivity index (χ4n) is 3.79. The zero-order chi connectivity index (χ0) is 18.4. The molecule has 2 aliphatic rings. The molecule has 0 atom stereocenters. The molecule has 9 heteroatoms. The van der Waals surface area contributed by atoms with Crippen molar-refractivity contribution in [1.29, 1.82) is 0 Å². The van der Waals surface area contributed by atoms with E-state index in [4.69, 9.17) is 4.74 Å². The van der Waals surface area contributed by atoms with Gasteiger partial charge in [0.15, 0.2) is 0 Å². The summed E-state index contributed by atoms with van der Waals surface area (Å²) < 4.78 is 4.78. The monoisotopic (exact) mass is 364 g/mol. The van der Waals surface area contributed by atoms with Crippen LogP contribution >= 0.6 is 0 Å². The van der Waals surface area contributed by atoms with E-state index in [1.165, 1.54) is 24.7 Å². The van der Waals surface area contributed by atoms with E-state index in [0.29, 0.717) is 12.5 Å². The number of nitrogens with one attached hydrogen (secondary N) is 2. The number of piperidine rings is 1. The van der Waals surface area contributed by atoms with E-state index in [0.717, 1.165) is 45.2 Å². The summed E-state index contributed by atoms with van der Waals surface area (Å²) in [6, 6.07) is 0.0464. The van der Waals surface area contributed by atoms with Crippen LogP contribution in [0.4, 0.5) is 0 Å². The van der Waals surface area contributed by atoms with Gasteiger partial charge in [0, 0.05) is 6.04 Å². The molecule has 1 saturated carbocycles. The van der Waals surface area contributed by atoms with Gasteiger partial charge in [0.05, 0.1) is 19.6 Å². The van der Waals surface area contributed by atoms with Crippen LogP contribution in [-0.2, 0) is 16.1 Å². The number of aryl methyl sites for hydroxylation is 1. The van der Waals surface area contributed by atoms with E-state index in [-0.39, 0.29) is 29.7 Å². The summed E-state index contributed by atoms with van der Waals surface area (Å²) in [6.45, 7) is 2.83. The normalized spacial score (nSPS) is 24.2. The summed E-state index contributed by atoms with van der Waals surface area (Å²) in [4.78, 5) is 25.4. The van der Waals surface area contributed by atoms with Gasteiger partial charge in [-0.3, -0.25) is 9.59 Å². The molecule has 1 amide bonds. The third-order valence-electron chi connectivity index (χ3n) is 5.45. The second-order valence-corrected chi connectivity index (χ2v) is 7.24. The predicted molar refractivity (Wildman–Crippen MR) is 93.3 cm³/mol. The quantitative estimate of drug-likeness (QED) is 0.708. The van der Waals surface area contributed by atoms with E-state index < -0.39 is 0 Å². The summed E-state index contributed by atoms with van der Waals surface area (Å²) in [6.07, 6.45) is 6.34. The lowest BCUT2D eigenvalue weighted by Crippen LogP contribution is -2.39. The number of aromatic nitrogens is 4. The molecule has 1 aromatic heterocycles. The highest BCUT2D eigenvalue weighted by Crippen LogP contribution is 2.25. The Kier molecular flexibility index (Phi) is 6.54. The fraction of sp³-hybridized carbons (Fsp3) is 0.824. The molecule has 26 heavy (non-hydrogen) atoms. The molecule has 0 unspecified atom stereocenters. The first-order valence-electron chi connectivity index (χ1n) is 9.53. The number of nitrogens with zero attached hydrogens (tertiary/aromatic N) is 4. The van der Waals surface area contributed by atoms with Gasteiger partial charge >= 0.3 is 5.97 Å². The molecule has 0 radical (unpaired) electrons. The van der Waals surface area contributed by atoms with Crippen molar-refractivity contribution in [3.8, 4) is 0 Å². The van der Waals surface area contributed by atoms with Crippen molar-refractivity contribution in [2.24, 2.45) is 11.8 Å². The highest BCUT2D eigenvalue weighted by atomic mass is 16.5. The van der Waals surface area contributed by atoms with Crippen molar-refractivity contribution < 1.29 is 14.3 Å². The Morgan fingerprint density at radius 3 is 2.62 bits per heavy atom. The van der Waals surface area contributed by atoms with Crippen LogP contribution in [0, 0.1) is 11.8 Å². The van der Waals surface area contributed by atoms with Gasteiger partial charge in [-0.15, -0.1) is 10.2 Å². The van der Waals surface area contributed by atoms with Gasteiger partial charge in [0.1, 0.15) is 0 Å². The molecule has 0 spiro atoms. The summed E-state index contributed by atoms with van der Waals surface area (Å²) in [5.41, 5.74) is 0. The standard InChI is InChI=1S/C17H28N6O3/c1-26-17(25)13-2-4-14(5-3-13)19-16(24)15-20-22-23(21-15)11-8-12-6-9-18-10-7-12/h12-14,18H,2-11H2,1H3,(H,19,24). The Hall–Kier alpha value is -2.03. The van der Waals surface area contributed by atoms with Crippen LogP contribution in [0.1, 0.15) is 55.6 Å². The minimum absolute atomic E-state index is 0.0464. The lowest BCUT2D eigenvalue weighted by Gasteiger charge is -2.27. The Balaban J connectivity index is 1.42. The van der Waals surface area contributed by atoms with Crippen LogP contribution in [0.2, 0.25) is 0 Å². The van der Waals surface area contributed by atoms with Crippen LogP contribution in [-0.4, -0.2) is 58.3 Å². The van der Waals surface area contributed by atoms with Crippen molar-refractivity contribution in [3.05, 3.63) is 5.82 Å². The lowest BCUT2D eigenvalue weighted by molar-refractivity contribution is -0.146. The van der Waals surface area contributed by atoms with Gasteiger partial charge in [-0.2, -0.15) is 4.80 Å². The van der Waals surface area contributed by atoms with Crippen LogP contribution in [0.25, 0.3) is 0 Å². The van der Waals surface area contributed by atoms with E-state index in [1.54, 1.807) is 0 Å². The molecule has 9 nitrogen and oxygen atoms in total. The van der Waals surface area contributed by atoms with Crippen molar-refractivity contribution in [2.45, 2.75) is 57.5 Å². The number of hydrogen-bond donors (Lipinski definition) is 2. The molecule has 2 N–H and O–H groups in total. The molecule has 1 aliphatic carbocycles. The molecular weight excluding hydrogens is 336 g/mol. The zero-order valence-corrected chi connectivity index (χ0v) is 15.3. The molecule has 3 rings (SSSR count). The topological polar surface area (TPSA) is 111 Å². The number of ether oxygens (including phenoxy) is 1. The van der Waals surface area contributed by atoms with Gasteiger partial charge in [0.25, 0.3) is 11.7 Å². The average molecular weight is 364 g/mol. The number of tetrazole rings is 1. The van der Waals surface area contributed by atoms with Gasteiger partial charge in [-0.1, -0.05) is 0 Å². The maximum atomic E-state index is 12.3. The largest absolute Gasteiger partial charge is 0.469 e. The Morgan fingerprint density at radius 2 is 1.92 bits per heavy atom. The smallest absolute Gasteiger partial charge is 0.308 e. The van der Waals surface area contributed by atoms with Crippen molar-refractivity contribution >= 4 is 11.9 Å². The zero-order valence-electron chi connectivity index (χ0n) is 15.3. The van der Waals surface area contributed by atoms with Crippen LogP contribution in [0.3, 0.4) is 0 Å². The number of amides is 1. The van der Waals surface area contributed by atoms with Crippen LogP contribution in [0.5, 0.6) is 0 Å². The third-order valence-corrected chi connectivity index (χ3v) is 5.45. The minimum Gasteiger partial charge on any atom is -0.469 e. The molecule has 144 valence electrons. The number of methoxy groups -OCH3 is 1. The molecule has 1 saturated heterocycles. The summed E-state index contributed by atoms with van der Waals surface area (Å²) in [5, 5.41) is 18.4. The predicted octanol–water partition coefficient (Wildman–Crippen LogP) is 0.524. The maximum Gasteiger partial charge on any atom is 0.308 e. The fourth-order valence-corrected chi connectivity index (χ4v) is 3.79. The Labute approximate surface area is 153 Å². The van der Waals surface area contributed by atoms with Gasteiger partial charge in [-0.25, -0.2) is 0 Å². The highest BCUT2D eigenvalue weighted by molar-refractivity contribution is 5.90. The Bertz CT molecular complexity index is 605.